The van der Waals surface area contributed by atoms with Crippen LogP contribution in [0.15, 0.2) is 24.3 Å². The van der Waals surface area contributed by atoms with Crippen molar-refractivity contribution in [3.63, 3.8) is 0 Å². The highest BCUT2D eigenvalue weighted by molar-refractivity contribution is 8.13. The van der Waals surface area contributed by atoms with Crippen molar-refractivity contribution in [2.24, 2.45) is 0 Å². The van der Waals surface area contributed by atoms with Crippen LogP contribution in [0.4, 0.5) is 4.79 Å². The summed E-state index contributed by atoms with van der Waals surface area (Å²) in [6.07, 6.45) is 0.269. The van der Waals surface area contributed by atoms with Gasteiger partial charge in [-0.05, 0) is 12.1 Å². The molecule has 8 heteroatoms. The van der Waals surface area contributed by atoms with E-state index < -0.39 is 0 Å². The Morgan fingerprint density at radius 1 is 1.22 bits per heavy atom. The van der Waals surface area contributed by atoms with Gasteiger partial charge in [0.1, 0.15) is 0 Å². The van der Waals surface area contributed by atoms with Gasteiger partial charge in [0.05, 0.1) is 10.6 Å². The van der Waals surface area contributed by atoms with E-state index in [0.717, 1.165) is 5.75 Å². The van der Waals surface area contributed by atoms with E-state index in [1.54, 1.807) is 29.2 Å². The molecule has 6 nitrogen and oxygen atoms in total. The molecule has 0 saturated carbocycles. The molecule has 1 aliphatic heterocycles. The van der Waals surface area contributed by atoms with E-state index in [2.05, 4.69) is 10.6 Å². The zero-order valence-corrected chi connectivity index (χ0v) is 14.1. The molecule has 1 aromatic rings. The van der Waals surface area contributed by atoms with E-state index in [4.69, 9.17) is 11.6 Å². The molecule has 0 spiro atoms. The van der Waals surface area contributed by atoms with Gasteiger partial charge in [0.25, 0.3) is 11.1 Å². The third-order valence-corrected chi connectivity index (χ3v) is 4.53. The van der Waals surface area contributed by atoms with Crippen LogP contribution in [0.2, 0.25) is 5.02 Å². The van der Waals surface area contributed by atoms with Gasteiger partial charge in [-0.25, -0.2) is 0 Å². The molecule has 0 bridgehead atoms. The summed E-state index contributed by atoms with van der Waals surface area (Å²) in [7, 11) is 0. The second-order valence-electron chi connectivity index (χ2n) is 4.94. The standard InChI is InChI=1S/C15H18ClN3O3S/c16-12-4-2-1-3-11(12)14(21)18-7-6-17-13(20)5-8-19-9-10-23-15(19)22/h1-4H,5-10H2,(H,17,20)(H,18,21). The number of rotatable bonds is 7. The lowest BCUT2D eigenvalue weighted by atomic mass is 10.2. The summed E-state index contributed by atoms with van der Waals surface area (Å²) in [5, 5.41) is 5.83. The van der Waals surface area contributed by atoms with E-state index in [1.807, 2.05) is 0 Å². The smallest absolute Gasteiger partial charge is 0.281 e. The second kappa shape index (κ2) is 8.79. The van der Waals surface area contributed by atoms with Crippen molar-refractivity contribution in [3.05, 3.63) is 34.9 Å². The Balaban J connectivity index is 1.61. The quantitative estimate of drug-likeness (QED) is 0.730. The fourth-order valence-electron chi connectivity index (χ4n) is 2.07. The summed E-state index contributed by atoms with van der Waals surface area (Å²) >= 11 is 7.21. The van der Waals surface area contributed by atoms with Gasteiger partial charge in [0.2, 0.25) is 5.91 Å². The van der Waals surface area contributed by atoms with Crippen molar-refractivity contribution in [2.45, 2.75) is 6.42 Å². The zero-order chi connectivity index (χ0) is 16.7. The van der Waals surface area contributed by atoms with Crippen LogP contribution in [-0.4, -0.2) is 53.9 Å². The van der Waals surface area contributed by atoms with Crippen molar-refractivity contribution in [1.29, 1.82) is 0 Å². The van der Waals surface area contributed by atoms with Crippen LogP contribution in [0.1, 0.15) is 16.8 Å². The minimum Gasteiger partial charge on any atom is -0.354 e. The van der Waals surface area contributed by atoms with Crippen LogP contribution in [0.5, 0.6) is 0 Å². The van der Waals surface area contributed by atoms with Crippen molar-refractivity contribution in [3.8, 4) is 0 Å². The molecule has 3 amide bonds. The maximum Gasteiger partial charge on any atom is 0.281 e. The number of hydrogen-bond acceptors (Lipinski definition) is 4. The number of carbonyl (C=O) groups excluding carboxylic acids is 3. The number of amides is 3. The highest BCUT2D eigenvalue weighted by atomic mass is 35.5. The molecule has 0 aliphatic carbocycles. The number of benzene rings is 1. The lowest BCUT2D eigenvalue weighted by Gasteiger charge is -2.14. The normalized spacial score (nSPS) is 14.0. The van der Waals surface area contributed by atoms with Gasteiger partial charge in [-0.1, -0.05) is 35.5 Å². The fraction of sp³-hybridized carbons (Fsp3) is 0.400. The Morgan fingerprint density at radius 2 is 1.96 bits per heavy atom. The van der Waals surface area contributed by atoms with Crippen molar-refractivity contribution in [2.75, 3.05) is 31.9 Å². The fourth-order valence-corrected chi connectivity index (χ4v) is 3.15. The van der Waals surface area contributed by atoms with Gasteiger partial charge in [0, 0.05) is 38.4 Å². The Labute approximate surface area is 143 Å². The Morgan fingerprint density at radius 3 is 2.65 bits per heavy atom. The van der Waals surface area contributed by atoms with E-state index in [0.29, 0.717) is 36.8 Å². The first kappa shape index (κ1) is 17.6. The van der Waals surface area contributed by atoms with E-state index >= 15 is 0 Å². The SMILES string of the molecule is O=C(CCN1CCSC1=O)NCCNC(=O)c1ccccc1Cl. The van der Waals surface area contributed by atoms with Gasteiger partial charge in [-0.15, -0.1) is 0 Å². The zero-order valence-electron chi connectivity index (χ0n) is 12.5. The van der Waals surface area contributed by atoms with Crippen LogP contribution >= 0.6 is 23.4 Å². The minimum absolute atomic E-state index is 0.0322. The average Bonchev–Trinajstić information content (AvgIpc) is 2.95. The molecule has 2 N–H and O–H groups in total. The first-order valence-corrected chi connectivity index (χ1v) is 8.65. The third kappa shape index (κ3) is 5.44. The van der Waals surface area contributed by atoms with Crippen LogP contribution in [0, 0.1) is 0 Å². The second-order valence-corrected chi connectivity index (χ2v) is 6.39. The van der Waals surface area contributed by atoms with Crippen LogP contribution in [0.25, 0.3) is 0 Å². The number of hydrogen-bond donors (Lipinski definition) is 2. The molecule has 1 aromatic carbocycles. The molecule has 0 aromatic heterocycles. The van der Waals surface area contributed by atoms with E-state index in [-0.39, 0.29) is 23.5 Å². The van der Waals surface area contributed by atoms with Crippen molar-refractivity contribution >= 4 is 40.4 Å². The molecule has 2 rings (SSSR count). The first-order chi connectivity index (χ1) is 11.1. The lowest BCUT2D eigenvalue weighted by Crippen LogP contribution is -2.36. The predicted octanol–water partition coefficient (Wildman–Crippen LogP) is 1.74. The molecule has 0 unspecified atom stereocenters. The van der Waals surface area contributed by atoms with Crippen LogP contribution in [-0.2, 0) is 4.79 Å². The molecule has 124 valence electrons. The summed E-state index contributed by atoms with van der Waals surface area (Å²) in [4.78, 5) is 36.6. The third-order valence-electron chi connectivity index (χ3n) is 3.30. The van der Waals surface area contributed by atoms with Gasteiger partial charge in [-0.2, -0.15) is 0 Å². The number of nitrogens with zero attached hydrogens (tertiary/aromatic N) is 1. The Kier molecular flexibility index (Phi) is 6.73. The highest BCUT2D eigenvalue weighted by Crippen LogP contribution is 2.17. The molecule has 1 fully saturated rings. The molecule has 0 atom stereocenters. The van der Waals surface area contributed by atoms with Crippen LogP contribution < -0.4 is 10.6 Å². The summed E-state index contributed by atoms with van der Waals surface area (Å²) in [5.41, 5.74) is 0.408. The van der Waals surface area contributed by atoms with Crippen molar-refractivity contribution < 1.29 is 14.4 Å². The maximum atomic E-state index is 11.9. The predicted molar refractivity (Wildman–Crippen MR) is 90.8 cm³/mol. The van der Waals surface area contributed by atoms with Crippen molar-refractivity contribution in [1.82, 2.24) is 15.5 Å². The molecule has 23 heavy (non-hydrogen) atoms. The van der Waals surface area contributed by atoms with Gasteiger partial charge >= 0.3 is 0 Å². The molecular formula is C15H18ClN3O3S. The Hall–Kier alpha value is -1.73. The van der Waals surface area contributed by atoms with Gasteiger partial charge < -0.3 is 15.5 Å². The molecule has 1 aliphatic rings. The maximum absolute atomic E-state index is 11.9. The van der Waals surface area contributed by atoms with Crippen LogP contribution in [0.3, 0.4) is 0 Å². The average molecular weight is 356 g/mol. The van der Waals surface area contributed by atoms with E-state index in [1.165, 1.54) is 11.8 Å². The molecule has 1 saturated heterocycles. The van der Waals surface area contributed by atoms with Gasteiger partial charge in [0.15, 0.2) is 0 Å². The first-order valence-electron chi connectivity index (χ1n) is 7.29. The largest absolute Gasteiger partial charge is 0.354 e. The van der Waals surface area contributed by atoms with Gasteiger partial charge in [-0.3, -0.25) is 14.4 Å². The molecule has 1 heterocycles. The summed E-state index contributed by atoms with van der Waals surface area (Å²) < 4.78 is 0. The summed E-state index contributed by atoms with van der Waals surface area (Å²) in [6, 6.07) is 6.78. The number of carbonyl (C=O) groups is 3. The summed E-state index contributed by atoms with van der Waals surface area (Å²) in [6.45, 7) is 1.78. The number of thioether (sulfide) groups is 1. The molecular weight excluding hydrogens is 338 g/mol. The monoisotopic (exact) mass is 355 g/mol. The number of halogens is 1. The van der Waals surface area contributed by atoms with E-state index in [9.17, 15) is 14.4 Å². The summed E-state index contributed by atoms with van der Waals surface area (Å²) in [5.74, 6) is 0.375. The topological polar surface area (TPSA) is 78.5 Å². The molecule has 0 radical (unpaired) electrons. The minimum atomic E-state index is -0.274. The number of nitrogens with one attached hydrogen (secondary N) is 2. The lowest BCUT2D eigenvalue weighted by molar-refractivity contribution is -0.121. The highest BCUT2D eigenvalue weighted by Gasteiger charge is 2.21. The Bertz CT molecular complexity index is 597.